The molecule has 0 saturated carbocycles. The van der Waals surface area contributed by atoms with Gasteiger partial charge in [-0.1, -0.05) is 54.6 Å². The average molecular weight is 548 g/mol. The van der Waals surface area contributed by atoms with Gasteiger partial charge >= 0.3 is 5.97 Å². The van der Waals surface area contributed by atoms with Gasteiger partial charge in [0, 0.05) is 6.42 Å². The van der Waals surface area contributed by atoms with Gasteiger partial charge in [0.25, 0.3) is 0 Å². The van der Waals surface area contributed by atoms with Crippen molar-refractivity contribution in [3.8, 4) is 0 Å². The van der Waals surface area contributed by atoms with Crippen molar-refractivity contribution in [3.05, 3.63) is 91.4 Å². The Balaban J connectivity index is 1.53. The van der Waals surface area contributed by atoms with Crippen molar-refractivity contribution >= 4 is 28.9 Å². The van der Waals surface area contributed by atoms with Crippen LogP contribution in [-0.4, -0.2) is 53.2 Å². The Kier molecular flexibility index (Phi) is 11.6. The van der Waals surface area contributed by atoms with Crippen LogP contribution in [0.3, 0.4) is 0 Å². The third kappa shape index (κ3) is 8.91. The number of rotatable bonds is 16. The molecule has 0 aliphatic rings. The second-order valence-electron chi connectivity index (χ2n) is 9.65. The van der Waals surface area contributed by atoms with Crippen molar-refractivity contribution in [2.75, 3.05) is 13.2 Å². The minimum Gasteiger partial charge on any atom is -0.461 e. The van der Waals surface area contributed by atoms with Crippen molar-refractivity contribution in [2.24, 2.45) is 11.8 Å². The highest BCUT2D eigenvalue weighted by atomic mass is 16.5. The number of ether oxygens (including phenoxy) is 1. The van der Waals surface area contributed by atoms with Gasteiger partial charge in [0.1, 0.15) is 17.5 Å². The van der Waals surface area contributed by atoms with Crippen LogP contribution in [0, 0.1) is 11.8 Å². The number of allylic oxidation sites excluding steroid dienone is 2. The van der Waals surface area contributed by atoms with Crippen LogP contribution in [-0.2, 0) is 32.0 Å². The second kappa shape index (κ2) is 15.4. The quantitative estimate of drug-likeness (QED) is 0.142. The van der Waals surface area contributed by atoms with E-state index in [1.165, 1.54) is 6.08 Å². The molecule has 9 heteroatoms. The minimum absolute atomic E-state index is 0.0165. The molecule has 3 N–H and O–H groups in total. The fraction of sp³-hybridized carbons (Fsp3) is 0.355. The van der Waals surface area contributed by atoms with Gasteiger partial charge in [0.2, 0.25) is 11.8 Å². The summed E-state index contributed by atoms with van der Waals surface area (Å²) in [6.07, 6.45) is 3.63. The fourth-order valence-electron chi connectivity index (χ4n) is 4.25. The fourth-order valence-corrected chi connectivity index (χ4v) is 4.25. The first kappa shape index (κ1) is 30.3. The van der Waals surface area contributed by atoms with Crippen LogP contribution in [0.2, 0.25) is 0 Å². The number of amides is 2. The normalized spacial score (nSPS) is 13.9. The smallest absolute Gasteiger partial charge is 0.310 e. The number of aromatic nitrogens is 1. The first-order valence-corrected chi connectivity index (χ1v) is 13.3. The lowest BCUT2D eigenvalue weighted by molar-refractivity contribution is -0.154. The molecule has 2 aromatic carbocycles. The second-order valence-corrected chi connectivity index (χ2v) is 9.65. The molecule has 1 heterocycles. The summed E-state index contributed by atoms with van der Waals surface area (Å²) in [5.41, 5.74) is 2.30. The topological polar surface area (TPSA) is 131 Å². The van der Waals surface area contributed by atoms with E-state index in [-0.39, 0.29) is 26.0 Å². The summed E-state index contributed by atoms with van der Waals surface area (Å²) >= 11 is 0. The van der Waals surface area contributed by atoms with Gasteiger partial charge < -0.3 is 24.9 Å². The number of nitrogens with zero attached hydrogens (tertiary/aromatic N) is 1. The molecule has 1 unspecified atom stereocenters. The number of hydrogen-bond acceptors (Lipinski definition) is 7. The summed E-state index contributed by atoms with van der Waals surface area (Å²) in [7, 11) is 0. The average Bonchev–Trinajstić information content (AvgIpc) is 3.37. The first-order valence-electron chi connectivity index (χ1n) is 13.3. The standard InChI is InChI=1S/C31H37N3O6/c1-4-11-23(18-28-34-26-15-9-10-16-27(26)40-28)31(38)39-21(3)19-32-29(36)25(12-5-2)30(37)33-24(20-35)17-22-13-7-6-8-14-22/h4-10,13-16,21,23-25,35H,1-2,11-12,17-20H2,3H3,(H,32,36)(H,33,37)/t21-,23+,24+,25?/m0/s1. The number of fused-ring (bicyclic) bond motifs is 1. The van der Waals surface area contributed by atoms with Crippen molar-refractivity contribution in [2.45, 2.75) is 44.8 Å². The molecule has 3 aromatic rings. The number of carbonyl (C=O) groups is 3. The van der Waals surface area contributed by atoms with Crippen LogP contribution in [0.1, 0.15) is 31.2 Å². The van der Waals surface area contributed by atoms with E-state index >= 15 is 0 Å². The molecule has 3 rings (SSSR count). The molecule has 1 aromatic heterocycles. The maximum Gasteiger partial charge on any atom is 0.310 e. The zero-order valence-corrected chi connectivity index (χ0v) is 22.8. The number of benzene rings is 2. The summed E-state index contributed by atoms with van der Waals surface area (Å²) < 4.78 is 11.3. The SMILES string of the molecule is C=CCC(C(=O)NC[C@H](C)OC(=O)[C@H](CC=C)Cc1nc2ccccc2o1)C(=O)N[C@@H](CO)Cc1ccccc1. The highest BCUT2D eigenvalue weighted by molar-refractivity contribution is 6.00. The molecular weight excluding hydrogens is 510 g/mol. The van der Waals surface area contributed by atoms with Crippen LogP contribution in [0.4, 0.5) is 0 Å². The maximum atomic E-state index is 12.9. The first-order chi connectivity index (χ1) is 19.3. The predicted octanol–water partition coefficient (Wildman–Crippen LogP) is 3.52. The van der Waals surface area contributed by atoms with E-state index in [9.17, 15) is 19.5 Å². The van der Waals surface area contributed by atoms with Crippen LogP contribution in [0.15, 0.2) is 84.3 Å². The Morgan fingerprint density at radius 3 is 2.38 bits per heavy atom. The molecule has 0 bridgehead atoms. The van der Waals surface area contributed by atoms with E-state index in [4.69, 9.17) is 9.15 Å². The van der Waals surface area contributed by atoms with E-state index in [2.05, 4.69) is 28.8 Å². The lowest BCUT2D eigenvalue weighted by Crippen LogP contribution is -2.48. The lowest BCUT2D eigenvalue weighted by atomic mass is 10.0. The van der Waals surface area contributed by atoms with Gasteiger partial charge in [-0.25, -0.2) is 4.98 Å². The predicted molar refractivity (Wildman–Crippen MR) is 152 cm³/mol. The third-order valence-corrected chi connectivity index (χ3v) is 6.35. The summed E-state index contributed by atoms with van der Waals surface area (Å²) in [6, 6.07) is 16.3. The number of nitrogens with one attached hydrogen (secondary N) is 2. The molecule has 0 aliphatic carbocycles. The molecule has 0 aliphatic heterocycles. The molecule has 0 spiro atoms. The van der Waals surface area contributed by atoms with E-state index in [1.807, 2.05) is 54.6 Å². The Hall–Kier alpha value is -4.24. The van der Waals surface area contributed by atoms with Gasteiger partial charge in [0.05, 0.1) is 25.1 Å². The zero-order chi connectivity index (χ0) is 28.9. The lowest BCUT2D eigenvalue weighted by Gasteiger charge is -2.22. The van der Waals surface area contributed by atoms with E-state index < -0.39 is 41.8 Å². The number of hydrogen-bond donors (Lipinski definition) is 3. The number of para-hydroxylation sites is 2. The zero-order valence-electron chi connectivity index (χ0n) is 22.8. The third-order valence-electron chi connectivity index (χ3n) is 6.35. The molecule has 0 radical (unpaired) electrons. The van der Waals surface area contributed by atoms with Crippen molar-refractivity contribution < 1.29 is 28.6 Å². The molecule has 2 amide bonds. The maximum absolute atomic E-state index is 12.9. The highest BCUT2D eigenvalue weighted by Gasteiger charge is 2.28. The Morgan fingerprint density at radius 2 is 1.70 bits per heavy atom. The van der Waals surface area contributed by atoms with Gasteiger partial charge in [-0.05, 0) is 43.9 Å². The Morgan fingerprint density at radius 1 is 1.00 bits per heavy atom. The van der Waals surface area contributed by atoms with Crippen LogP contribution in [0.5, 0.6) is 0 Å². The van der Waals surface area contributed by atoms with E-state index in [0.717, 1.165) is 5.56 Å². The number of carbonyl (C=O) groups excluding carboxylic acids is 3. The van der Waals surface area contributed by atoms with Crippen LogP contribution in [0.25, 0.3) is 11.1 Å². The number of aliphatic hydroxyl groups excluding tert-OH is 1. The highest BCUT2D eigenvalue weighted by Crippen LogP contribution is 2.20. The van der Waals surface area contributed by atoms with Crippen LogP contribution < -0.4 is 10.6 Å². The summed E-state index contributed by atoms with van der Waals surface area (Å²) in [4.78, 5) is 43.2. The van der Waals surface area contributed by atoms with Crippen molar-refractivity contribution in [1.29, 1.82) is 0 Å². The monoisotopic (exact) mass is 547 g/mol. The summed E-state index contributed by atoms with van der Waals surface area (Å²) in [5, 5.41) is 15.2. The number of aliphatic hydroxyl groups is 1. The number of oxazole rings is 1. The van der Waals surface area contributed by atoms with Crippen molar-refractivity contribution in [1.82, 2.24) is 15.6 Å². The summed E-state index contributed by atoms with van der Waals surface area (Å²) in [5.74, 6) is -2.66. The molecule has 212 valence electrons. The summed E-state index contributed by atoms with van der Waals surface area (Å²) in [6.45, 7) is 8.79. The molecule has 0 fully saturated rings. The molecule has 0 saturated heterocycles. The molecule has 40 heavy (non-hydrogen) atoms. The van der Waals surface area contributed by atoms with Crippen molar-refractivity contribution in [3.63, 3.8) is 0 Å². The Bertz CT molecular complexity index is 1260. The van der Waals surface area contributed by atoms with E-state index in [0.29, 0.717) is 29.8 Å². The molecule has 4 atom stereocenters. The van der Waals surface area contributed by atoms with E-state index in [1.54, 1.807) is 13.0 Å². The largest absolute Gasteiger partial charge is 0.461 e. The Labute approximate surface area is 234 Å². The number of esters is 1. The van der Waals surface area contributed by atoms with Crippen LogP contribution >= 0.6 is 0 Å². The van der Waals surface area contributed by atoms with Gasteiger partial charge in [-0.15, -0.1) is 13.2 Å². The molecule has 9 nitrogen and oxygen atoms in total. The van der Waals surface area contributed by atoms with Gasteiger partial charge in [-0.2, -0.15) is 0 Å². The molecular formula is C31H37N3O6. The van der Waals surface area contributed by atoms with Gasteiger partial charge in [0.15, 0.2) is 11.5 Å². The van der Waals surface area contributed by atoms with Gasteiger partial charge in [-0.3, -0.25) is 14.4 Å². The minimum atomic E-state index is -1.04.